The van der Waals surface area contributed by atoms with Crippen molar-refractivity contribution >= 4 is 5.97 Å². The van der Waals surface area contributed by atoms with Crippen LogP contribution in [-0.2, 0) is 33.2 Å². The van der Waals surface area contributed by atoms with Gasteiger partial charge in [0.25, 0.3) is 0 Å². The van der Waals surface area contributed by atoms with Gasteiger partial charge in [-0.15, -0.1) is 0 Å². The highest BCUT2D eigenvalue weighted by molar-refractivity contribution is 5.69. The molecule has 2 aliphatic rings. The van der Waals surface area contributed by atoms with Crippen molar-refractivity contribution in [1.82, 2.24) is 0 Å². The van der Waals surface area contributed by atoms with Crippen LogP contribution in [0.4, 0.5) is 0 Å². The number of aliphatic hydroxyl groups is 7. The number of carbonyl (C=O) groups is 1. The van der Waals surface area contributed by atoms with Crippen LogP contribution in [0.5, 0.6) is 0 Å². The van der Waals surface area contributed by atoms with E-state index in [2.05, 4.69) is 38.2 Å². The summed E-state index contributed by atoms with van der Waals surface area (Å²) in [4.78, 5) is 12.9. The second-order valence-corrected chi connectivity index (χ2v) is 17.3. The summed E-state index contributed by atoms with van der Waals surface area (Å²) in [5, 5.41) is 71.9. The van der Waals surface area contributed by atoms with Gasteiger partial charge in [0.05, 0.1) is 26.4 Å². The zero-order valence-electron chi connectivity index (χ0n) is 38.4. The van der Waals surface area contributed by atoms with Crippen LogP contribution in [0, 0.1) is 0 Å². The minimum Gasteiger partial charge on any atom is -0.457 e. The highest BCUT2D eigenvalue weighted by Gasteiger charge is 2.47. The van der Waals surface area contributed by atoms with Crippen LogP contribution in [0.2, 0.25) is 0 Å². The quantitative estimate of drug-likeness (QED) is 0.0202. The molecule has 14 heteroatoms. The lowest BCUT2D eigenvalue weighted by atomic mass is 9.98. The Balaban J connectivity index is 1.75. The van der Waals surface area contributed by atoms with E-state index in [1.54, 1.807) is 0 Å². The second kappa shape index (κ2) is 36.7. The van der Waals surface area contributed by atoms with Crippen molar-refractivity contribution in [2.45, 2.75) is 242 Å². The lowest BCUT2D eigenvalue weighted by Crippen LogP contribution is -2.61. The molecule has 364 valence electrons. The van der Waals surface area contributed by atoms with Gasteiger partial charge in [0.1, 0.15) is 54.9 Å². The van der Waals surface area contributed by atoms with Crippen LogP contribution in [-0.4, -0.2) is 142 Å². The molecule has 2 heterocycles. The molecule has 62 heavy (non-hydrogen) atoms. The molecule has 14 nitrogen and oxygen atoms in total. The van der Waals surface area contributed by atoms with Crippen LogP contribution < -0.4 is 0 Å². The molecule has 2 saturated heterocycles. The molecule has 0 amide bonds. The molecular weight excluding hydrogens is 801 g/mol. The molecule has 7 N–H and O–H groups in total. The molecule has 0 aliphatic carbocycles. The third-order valence-electron chi connectivity index (χ3n) is 11.7. The number of carbonyl (C=O) groups excluding carboxylic acids is 1. The number of esters is 1. The maximum atomic E-state index is 12.9. The van der Waals surface area contributed by atoms with Crippen molar-refractivity contribution < 1.29 is 69.0 Å². The SMILES string of the molecule is CCCCCC/C=C\C/C=C\CCCCCCCCCCOCC(COC1OC(COC2OC(CO)C(O)C(O)C2O)C(O)C(O)C1O)OC(=O)CCCCCCCCCCC. The van der Waals surface area contributed by atoms with Crippen molar-refractivity contribution in [3.8, 4) is 0 Å². The maximum absolute atomic E-state index is 12.9. The van der Waals surface area contributed by atoms with Crippen LogP contribution in [0.3, 0.4) is 0 Å². The van der Waals surface area contributed by atoms with E-state index in [4.69, 9.17) is 28.4 Å². The Labute approximate surface area is 373 Å². The molecule has 2 aliphatic heterocycles. The Morgan fingerprint density at radius 1 is 0.532 bits per heavy atom. The highest BCUT2D eigenvalue weighted by Crippen LogP contribution is 2.26. The topological polar surface area (TPSA) is 214 Å². The molecule has 2 fully saturated rings. The van der Waals surface area contributed by atoms with E-state index >= 15 is 0 Å². The Kier molecular flexibility index (Phi) is 33.5. The van der Waals surface area contributed by atoms with E-state index < -0.39 is 80.7 Å². The standard InChI is InChI=1S/C48H88O14/c1-3-5-7-9-11-13-14-15-16-17-18-19-20-21-22-24-26-28-30-32-57-34-37(60-40(50)31-29-27-25-23-12-10-8-6-4-2)35-58-47-46(56)44(54)42(52)39(62-47)36-59-48-45(55)43(53)41(51)38(33-49)61-48/h13-14,16-17,37-39,41-49,51-56H,3-12,15,18-36H2,1-2H3/b14-13-,17-16-. The summed E-state index contributed by atoms with van der Waals surface area (Å²) in [6.07, 6.45) is 21.1. The van der Waals surface area contributed by atoms with E-state index in [-0.39, 0.29) is 25.6 Å². The van der Waals surface area contributed by atoms with Gasteiger partial charge in [0.15, 0.2) is 12.6 Å². The zero-order chi connectivity index (χ0) is 45.2. The summed E-state index contributed by atoms with van der Waals surface area (Å²) in [5.41, 5.74) is 0. The Bertz CT molecular complexity index is 1120. The minimum absolute atomic E-state index is 0.0604. The summed E-state index contributed by atoms with van der Waals surface area (Å²) in [7, 11) is 0. The molecule has 11 unspecified atom stereocenters. The Morgan fingerprint density at radius 2 is 1.00 bits per heavy atom. The van der Waals surface area contributed by atoms with Crippen LogP contribution in [0.1, 0.15) is 174 Å². The largest absolute Gasteiger partial charge is 0.457 e. The van der Waals surface area contributed by atoms with Crippen molar-refractivity contribution in [1.29, 1.82) is 0 Å². The summed E-state index contributed by atoms with van der Waals surface area (Å²) >= 11 is 0. The van der Waals surface area contributed by atoms with Gasteiger partial charge in [-0.1, -0.05) is 147 Å². The van der Waals surface area contributed by atoms with Crippen LogP contribution in [0.15, 0.2) is 24.3 Å². The Hall–Kier alpha value is -1.53. The lowest BCUT2D eigenvalue weighted by molar-refractivity contribution is -0.332. The molecular formula is C48H88O14. The second-order valence-electron chi connectivity index (χ2n) is 17.3. The smallest absolute Gasteiger partial charge is 0.306 e. The predicted molar refractivity (Wildman–Crippen MR) is 238 cm³/mol. The number of rotatable bonds is 38. The molecule has 0 aromatic heterocycles. The third-order valence-corrected chi connectivity index (χ3v) is 11.7. The minimum atomic E-state index is -1.70. The first-order chi connectivity index (χ1) is 30.1. The van der Waals surface area contributed by atoms with E-state index in [0.717, 1.165) is 51.4 Å². The number of hydrogen-bond acceptors (Lipinski definition) is 14. The number of unbranched alkanes of at least 4 members (excludes halogenated alkanes) is 20. The van der Waals surface area contributed by atoms with Gasteiger partial charge in [-0.25, -0.2) is 0 Å². The summed E-state index contributed by atoms with van der Waals surface area (Å²) < 4.78 is 34.2. The predicted octanol–water partition coefficient (Wildman–Crippen LogP) is 6.46. The van der Waals surface area contributed by atoms with Crippen LogP contribution in [0.25, 0.3) is 0 Å². The fraction of sp³-hybridized carbons (Fsp3) is 0.896. The van der Waals surface area contributed by atoms with Crippen molar-refractivity contribution in [2.75, 3.05) is 33.0 Å². The first-order valence-electron chi connectivity index (χ1n) is 24.4. The van der Waals surface area contributed by atoms with Crippen LogP contribution >= 0.6 is 0 Å². The van der Waals surface area contributed by atoms with E-state index in [0.29, 0.717) is 13.0 Å². The first-order valence-corrected chi connectivity index (χ1v) is 24.4. The monoisotopic (exact) mass is 889 g/mol. The van der Waals surface area contributed by atoms with Gasteiger partial charge >= 0.3 is 5.97 Å². The summed E-state index contributed by atoms with van der Waals surface area (Å²) in [5.74, 6) is -0.381. The molecule has 0 saturated carbocycles. The van der Waals surface area contributed by atoms with Gasteiger partial charge in [-0.3, -0.25) is 4.79 Å². The fourth-order valence-corrected chi connectivity index (χ4v) is 7.67. The van der Waals surface area contributed by atoms with E-state index in [1.807, 2.05) is 0 Å². The molecule has 0 aromatic carbocycles. The van der Waals surface area contributed by atoms with Gasteiger partial charge in [-0.2, -0.15) is 0 Å². The van der Waals surface area contributed by atoms with Gasteiger partial charge in [0, 0.05) is 13.0 Å². The number of hydrogen-bond donors (Lipinski definition) is 7. The normalized spacial score (nSPS) is 27.4. The maximum Gasteiger partial charge on any atom is 0.306 e. The fourth-order valence-electron chi connectivity index (χ4n) is 7.67. The summed E-state index contributed by atoms with van der Waals surface area (Å²) in [6, 6.07) is 0. The van der Waals surface area contributed by atoms with Crippen molar-refractivity contribution in [3.63, 3.8) is 0 Å². The molecule has 2 rings (SSSR count). The van der Waals surface area contributed by atoms with Crippen molar-refractivity contribution in [2.24, 2.45) is 0 Å². The third kappa shape index (κ3) is 24.7. The van der Waals surface area contributed by atoms with Gasteiger partial charge < -0.3 is 64.2 Å². The first kappa shape index (κ1) is 56.6. The zero-order valence-corrected chi connectivity index (χ0v) is 38.4. The average molecular weight is 889 g/mol. The molecule has 0 aromatic rings. The highest BCUT2D eigenvalue weighted by atomic mass is 16.7. The van der Waals surface area contributed by atoms with E-state index in [1.165, 1.54) is 96.3 Å². The van der Waals surface area contributed by atoms with E-state index in [9.17, 15) is 40.5 Å². The van der Waals surface area contributed by atoms with Crippen molar-refractivity contribution in [3.05, 3.63) is 24.3 Å². The van der Waals surface area contributed by atoms with Gasteiger partial charge in [-0.05, 0) is 44.9 Å². The number of ether oxygens (including phenoxy) is 6. The molecule has 0 bridgehead atoms. The lowest BCUT2D eigenvalue weighted by Gasteiger charge is -2.42. The molecule has 11 atom stereocenters. The molecule has 0 spiro atoms. The number of aliphatic hydroxyl groups excluding tert-OH is 7. The Morgan fingerprint density at radius 3 is 1.56 bits per heavy atom. The molecule has 0 radical (unpaired) electrons. The summed E-state index contributed by atoms with van der Waals surface area (Å²) in [6.45, 7) is 3.63. The number of allylic oxidation sites excluding steroid dienone is 4. The average Bonchev–Trinajstić information content (AvgIpc) is 3.27. The van der Waals surface area contributed by atoms with Gasteiger partial charge in [0.2, 0.25) is 0 Å².